The molecule has 5 atom stereocenters. The minimum Gasteiger partial charge on any atom is -0.478 e. The fourth-order valence-corrected chi connectivity index (χ4v) is 8.53. The molecule has 1 saturated heterocycles. The summed E-state index contributed by atoms with van der Waals surface area (Å²) in [6, 6.07) is 2.28. The Morgan fingerprint density at radius 3 is 2.45 bits per heavy atom. The molecular weight excluding hydrogens is 710 g/mol. The predicted octanol–water partition coefficient (Wildman–Crippen LogP) is 2.70. The van der Waals surface area contributed by atoms with Crippen molar-refractivity contribution in [1.29, 1.82) is 0 Å². The number of hydrogen-bond donors (Lipinski definition) is 4. The van der Waals surface area contributed by atoms with Gasteiger partial charge in [0.1, 0.15) is 29.3 Å². The molecule has 3 aliphatic heterocycles. The highest BCUT2D eigenvalue weighted by Crippen LogP contribution is 2.46. The molecule has 16 nitrogen and oxygen atoms in total. The Hall–Kier alpha value is -4.67. The second-order valence-corrected chi connectivity index (χ2v) is 17.6. The Morgan fingerprint density at radius 2 is 1.75 bits per heavy atom. The number of rotatable bonds is 6. The van der Waals surface area contributed by atoms with Crippen LogP contribution in [0.3, 0.4) is 0 Å². The van der Waals surface area contributed by atoms with Crippen LogP contribution in [0.2, 0.25) is 0 Å². The van der Waals surface area contributed by atoms with E-state index in [0.29, 0.717) is 37.7 Å². The predicted molar refractivity (Wildman–Crippen MR) is 187 cm³/mol. The molecule has 1 aromatic carbocycles. The van der Waals surface area contributed by atoms with Crippen molar-refractivity contribution in [2.24, 2.45) is 5.92 Å². The van der Waals surface area contributed by atoms with Gasteiger partial charge in [-0.15, -0.1) is 0 Å². The summed E-state index contributed by atoms with van der Waals surface area (Å²) in [5.41, 5.74) is -0.905. The zero-order valence-electron chi connectivity index (χ0n) is 30.1. The Morgan fingerprint density at radius 1 is 1.02 bits per heavy atom. The number of carboxylic acids is 1. The van der Waals surface area contributed by atoms with E-state index in [1.807, 2.05) is 12.2 Å². The number of hydrogen-bond acceptors (Lipinski definition) is 10. The number of nitrogens with zero attached hydrogens (tertiary/aromatic N) is 2. The molecule has 5 aliphatic rings. The molecule has 5 amide bonds. The monoisotopic (exact) mass is 757 g/mol. The van der Waals surface area contributed by atoms with Crippen molar-refractivity contribution in [3.05, 3.63) is 47.0 Å². The number of ether oxygens (including phenoxy) is 2. The second kappa shape index (κ2) is 14.6. The first-order valence-electron chi connectivity index (χ1n) is 18.1. The van der Waals surface area contributed by atoms with Crippen molar-refractivity contribution >= 4 is 45.9 Å². The number of aromatic carboxylic acids is 1. The van der Waals surface area contributed by atoms with Gasteiger partial charge in [-0.25, -0.2) is 22.8 Å². The molecule has 4 N–H and O–H groups in total. The highest BCUT2D eigenvalue weighted by molar-refractivity contribution is 7.91. The molecule has 288 valence electrons. The van der Waals surface area contributed by atoms with Gasteiger partial charge < -0.3 is 30.1 Å². The van der Waals surface area contributed by atoms with Gasteiger partial charge in [0, 0.05) is 25.4 Å². The molecule has 3 heterocycles. The van der Waals surface area contributed by atoms with Crippen molar-refractivity contribution in [2.75, 3.05) is 6.54 Å². The van der Waals surface area contributed by atoms with Crippen LogP contribution in [0.15, 0.2) is 30.4 Å². The first kappa shape index (κ1) is 38.1. The largest absolute Gasteiger partial charge is 0.478 e. The fraction of sp³-hybridized carbons (Fsp3) is 0.611. The minimum atomic E-state index is -3.93. The van der Waals surface area contributed by atoms with Gasteiger partial charge in [-0.05, 0) is 82.6 Å². The Labute approximate surface area is 308 Å². The fourth-order valence-electron chi connectivity index (χ4n) is 7.17. The average molecular weight is 758 g/mol. The van der Waals surface area contributed by atoms with Crippen molar-refractivity contribution in [3.8, 4) is 0 Å². The number of sulfonamides is 1. The molecule has 0 bridgehead atoms. The zero-order chi connectivity index (χ0) is 38.3. The zero-order valence-corrected chi connectivity index (χ0v) is 30.9. The molecule has 3 fully saturated rings. The molecule has 6 rings (SSSR count). The summed E-state index contributed by atoms with van der Waals surface area (Å²) in [5, 5.41) is 14.2. The number of carbonyl (C=O) groups excluding carboxylic acids is 5. The number of carbonyl (C=O) groups is 6. The standard InChI is InChI=1S/C36H47N5O11S/c1-35(2,3)52-33(47)37-27-10-8-6-4-5-7-9-24-17-36(24,32(46)39-53(49,50)26-13-14-26)38-29(42)28-16-25(20-41(28)30(27)43)51-34(48)40-18-22-12-11-21(31(44)45)15-23(22)19-40/h7,9,11-12,15,24-28H,4-6,8,10,13-14,16-20H2,1-3H3,(H,37,47)(H,38,42)(H,39,46)(H,44,45)/b9-7-/t24-,25-,27+,28+,36-/m1/s1. The van der Waals surface area contributed by atoms with Crippen LogP contribution in [0.4, 0.5) is 9.59 Å². The van der Waals surface area contributed by atoms with Crippen LogP contribution < -0.4 is 15.4 Å². The normalized spacial score (nSPS) is 28.2. The van der Waals surface area contributed by atoms with E-state index in [0.717, 1.165) is 12.0 Å². The minimum absolute atomic E-state index is 0.0864. The number of nitrogens with one attached hydrogen (secondary N) is 3. The summed E-state index contributed by atoms with van der Waals surface area (Å²) in [6.07, 6.45) is 5.05. The van der Waals surface area contributed by atoms with Gasteiger partial charge in [0.25, 0.3) is 5.91 Å². The lowest BCUT2D eigenvalue weighted by atomic mass is 10.0. The van der Waals surface area contributed by atoms with E-state index in [1.165, 1.54) is 21.9 Å². The van der Waals surface area contributed by atoms with Crippen LogP contribution in [-0.2, 0) is 47.0 Å². The Bertz CT molecular complexity index is 1820. The number of carboxylic acid groups (broad SMARTS) is 1. The second-order valence-electron chi connectivity index (χ2n) is 15.6. The third-order valence-corrected chi connectivity index (χ3v) is 12.1. The van der Waals surface area contributed by atoms with Crippen molar-refractivity contribution in [3.63, 3.8) is 0 Å². The van der Waals surface area contributed by atoms with Crippen LogP contribution in [0.1, 0.15) is 100 Å². The maximum Gasteiger partial charge on any atom is 0.410 e. The summed E-state index contributed by atoms with van der Waals surface area (Å²) in [6.45, 7) is 5.15. The van der Waals surface area contributed by atoms with Crippen LogP contribution >= 0.6 is 0 Å². The number of benzene rings is 1. The van der Waals surface area contributed by atoms with Crippen molar-refractivity contribution in [1.82, 2.24) is 25.2 Å². The molecular formula is C36H47N5O11S. The van der Waals surface area contributed by atoms with E-state index in [-0.39, 0.29) is 44.5 Å². The number of fused-ring (bicyclic) bond motifs is 3. The lowest BCUT2D eigenvalue weighted by Crippen LogP contribution is -2.58. The summed E-state index contributed by atoms with van der Waals surface area (Å²) in [7, 11) is -3.93. The molecule has 0 radical (unpaired) electrons. The first-order chi connectivity index (χ1) is 25.0. The van der Waals surface area contributed by atoms with Crippen LogP contribution in [0.5, 0.6) is 0 Å². The summed E-state index contributed by atoms with van der Waals surface area (Å²) in [4.78, 5) is 82.6. The van der Waals surface area contributed by atoms with Gasteiger partial charge in [-0.2, -0.15) is 0 Å². The number of alkyl carbamates (subject to hydrolysis) is 1. The van der Waals surface area contributed by atoms with Crippen LogP contribution in [0.25, 0.3) is 0 Å². The third kappa shape index (κ3) is 8.77. The quantitative estimate of drug-likeness (QED) is 0.309. The summed E-state index contributed by atoms with van der Waals surface area (Å²) in [5.74, 6) is -3.75. The SMILES string of the molecule is CC(C)(C)OC(=O)N[C@H]1CCCCC/C=C\[C@@H]2C[C@@]2(C(=O)NS(=O)(=O)C2CC2)NC(=O)[C@@H]2C[C@@H](OC(=O)N3Cc4ccc(C(=O)O)cc4C3)CN2C1=O. The molecule has 2 aliphatic carbocycles. The molecule has 1 aromatic rings. The first-order valence-corrected chi connectivity index (χ1v) is 19.7. The van der Waals surface area contributed by atoms with Gasteiger partial charge in [0.05, 0.1) is 17.4 Å². The highest BCUT2D eigenvalue weighted by Gasteiger charge is 2.62. The maximum absolute atomic E-state index is 14.3. The average Bonchev–Trinajstić information content (AvgIpc) is 3.96. The maximum atomic E-state index is 14.3. The third-order valence-electron chi connectivity index (χ3n) is 10.2. The number of amides is 5. The lowest BCUT2D eigenvalue weighted by molar-refractivity contribution is -0.141. The van der Waals surface area contributed by atoms with E-state index >= 15 is 0 Å². The molecule has 0 spiro atoms. The Kier molecular flexibility index (Phi) is 10.5. The van der Waals surface area contributed by atoms with Crippen LogP contribution in [0, 0.1) is 5.92 Å². The smallest absolute Gasteiger partial charge is 0.410 e. The molecule has 0 unspecified atom stereocenters. The van der Waals surface area contributed by atoms with Crippen molar-refractivity contribution in [2.45, 2.75) is 126 Å². The molecule has 2 saturated carbocycles. The van der Waals surface area contributed by atoms with E-state index in [2.05, 4.69) is 15.4 Å². The lowest BCUT2D eigenvalue weighted by Gasteiger charge is -2.30. The van der Waals surface area contributed by atoms with E-state index in [4.69, 9.17) is 9.47 Å². The van der Waals surface area contributed by atoms with Gasteiger partial charge in [-0.3, -0.25) is 24.0 Å². The summed E-state index contributed by atoms with van der Waals surface area (Å²) >= 11 is 0. The van der Waals surface area contributed by atoms with Gasteiger partial charge in [0.2, 0.25) is 21.8 Å². The molecule has 17 heteroatoms. The van der Waals surface area contributed by atoms with Gasteiger partial charge >= 0.3 is 18.2 Å². The molecule has 53 heavy (non-hydrogen) atoms. The van der Waals surface area contributed by atoms with Crippen LogP contribution in [-0.4, -0.2) is 100 Å². The van der Waals surface area contributed by atoms with E-state index < -0.39 is 86.4 Å². The molecule has 0 aromatic heterocycles. The van der Waals surface area contributed by atoms with Crippen molar-refractivity contribution < 1.29 is 51.8 Å². The van der Waals surface area contributed by atoms with E-state index in [1.54, 1.807) is 26.8 Å². The summed E-state index contributed by atoms with van der Waals surface area (Å²) < 4.78 is 39.0. The topological polar surface area (TPSA) is 218 Å². The Balaban J connectivity index is 1.24. The van der Waals surface area contributed by atoms with E-state index in [9.17, 15) is 42.3 Å². The number of allylic oxidation sites excluding steroid dienone is 1. The van der Waals surface area contributed by atoms with Gasteiger partial charge in [-0.1, -0.05) is 31.1 Å². The van der Waals surface area contributed by atoms with Gasteiger partial charge in [0.15, 0.2) is 0 Å². The highest BCUT2D eigenvalue weighted by atomic mass is 32.2.